The summed E-state index contributed by atoms with van der Waals surface area (Å²) in [5.74, 6) is 0.335. The third kappa shape index (κ3) is 3.15. The number of nitrogens with zero attached hydrogens (tertiary/aromatic N) is 1. The molecule has 0 aromatic heterocycles. The maximum absolute atomic E-state index is 12.5. The van der Waals surface area contributed by atoms with Gasteiger partial charge < -0.3 is 9.47 Å². The molecule has 0 heterocycles. The van der Waals surface area contributed by atoms with E-state index in [1.54, 1.807) is 42.5 Å². The lowest BCUT2D eigenvalue weighted by Crippen LogP contribution is -2.02. The zero-order valence-corrected chi connectivity index (χ0v) is 15.4. The summed E-state index contributed by atoms with van der Waals surface area (Å²) >= 11 is 2.06. The molecule has 0 saturated carbocycles. The lowest BCUT2D eigenvalue weighted by Gasteiger charge is -2.11. The van der Waals surface area contributed by atoms with Crippen LogP contribution in [0.15, 0.2) is 42.0 Å². The smallest absolute Gasteiger partial charge is 0.197 e. The summed E-state index contributed by atoms with van der Waals surface area (Å²) in [4.78, 5) is 25.0. The van der Waals surface area contributed by atoms with Crippen LogP contribution in [0.25, 0.3) is 6.08 Å². The molecule has 25 heavy (non-hydrogen) atoms. The number of methoxy groups -OCH3 is 1. The molecule has 6 heteroatoms. The summed E-state index contributed by atoms with van der Waals surface area (Å²) in [5, 5.41) is 8.67. The van der Waals surface area contributed by atoms with E-state index in [4.69, 9.17) is 14.7 Å². The van der Waals surface area contributed by atoms with Gasteiger partial charge in [0.1, 0.15) is 6.07 Å². The third-order valence-corrected chi connectivity index (χ3v) is 4.55. The average Bonchev–Trinajstić information content (AvgIpc) is 2.86. The summed E-state index contributed by atoms with van der Waals surface area (Å²) in [6.07, 6.45) is 1.56. The van der Waals surface area contributed by atoms with Gasteiger partial charge in [0.15, 0.2) is 29.7 Å². The molecule has 3 rings (SSSR count). The molecular formula is C19H12INO4. The average molecular weight is 445 g/mol. The van der Waals surface area contributed by atoms with Gasteiger partial charge in [0.05, 0.1) is 16.3 Å². The SMILES string of the molecule is COc1cc(C=C2C(=O)c3ccccc3C2=O)cc(I)c1OCC#N. The van der Waals surface area contributed by atoms with E-state index in [1.807, 2.05) is 6.07 Å². The highest BCUT2D eigenvalue weighted by Gasteiger charge is 2.32. The van der Waals surface area contributed by atoms with E-state index in [0.717, 1.165) is 3.57 Å². The van der Waals surface area contributed by atoms with E-state index in [9.17, 15) is 9.59 Å². The summed E-state index contributed by atoms with van der Waals surface area (Å²) in [7, 11) is 1.49. The first-order valence-corrected chi connectivity index (χ1v) is 8.42. The first-order chi connectivity index (χ1) is 12.1. The summed E-state index contributed by atoms with van der Waals surface area (Å²) < 4.78 is 11.4. The first-order valence-electron chi connectivity index (χ1n) is 7.34. The van der Waals surface area contributed by atoms with Crippen LogP contribution in [0, 0.1) is 14.9 Å². The Morgan fingerprint density at radius 1 is 1.16 bits per heavy atom. The van der Waals surface area contributed by atoms with Gasteiger partial charge in [-0.2, -0.15) is 5.26 Å². The second-order valence-corrected chi connectivity index (χ2v) is 6.40. The molecule has 1 aliphatic carbocycles. The van der Waals surface area contributed by atoms with Crippen molar-refractivity contribution in [3.05, 3.63) is 62.2 Å². The first kappa shape index (κ1) is 17.2. The number of fused-ring (bicyclic) bond motifs is 1. The number of rotatable bonds is 4. The number of Topliss-reactive ketones (excluding diaryl/α,β-unsaturated/α-hetero) is 2. The molecule has 0 saturated heterocycles. The van der Waals surface area contributed by atoms with E-state index in [-0.39, 0.29) is 23.7 Å². The molecule has 2 aromatic carbocycles. The monoisotopic (exact) mass is 445 g/mol. The minimum absolute atomic E-state index is 0.0981. The van der Waals surface area contributed by atoms with Gasteiger partial charge in [0, 0.05) is 11.1 Å². The molecule has 0 N–H and O–H groups in total. The molecule has 0 aliphatic heterocycles. The molecule has 0 spiro atoms. The van der Waals surface area contributed by atoms with E-state index < -0.39 is 0 Å². The molecule has 0 atom stereocenters. The Hall–Kier alpha value is -2.66. The normalized spacial score (nSPS) is 12.6. The number of ketones is 2. The molecule has 0 bridgehead atoms. The van der Waals surface area contributed by atoms with Gasteiger partial charge in [0.25, 0.3) is 0 Å². The Morgan fingerprint density at radius 3 is 2.36 bits per heavy atom. The number of allylic oxidation sites excluding steroid dienone is 1. The molecule has 2 aromatic rings. The van der Waals surface area contributed by atoms with Gasteiger partial charge in [-0.3, -0.25) is 9.59 Å². The largest absolute Gasteiger partial charge is 0.493 e. The van der Waals surface area contributed by atoms with Gasteiger partial charge in [-0.15, -0.1) is 0 Å². The second kappa shape index (κ2) is 7.07. The Morgan fingerprint density at radius 2 is 1.80 bits per heavy atom. The van der Waals surface area contributed by atoms with Crippen molar-refractivity contribution in [1.82, 2.24) is 0 Å². The highest BCUT2D eigenvalue weighted by Crippen LogP contribution is 2.35. The maximum Gasteiger partial charge on any atom is 0.197 e. The Bertz CT molecular complexity index is 919. The lowest BCUT2D eigenvalue weighted by atomic mass is 10.1. The van der Waals surface area contributed by atoms with Crippen LogP contribution in [0.3, 0.4) is 0 Å². The standard InChI is InChI=1S/C19H12INO4/c1-24-16-10-11(9-15(20)19(16)25-7-6-21)8-14-17(22)12-4-2-3-5-13(12)18(14)23/h2-5,8-10H,7H2,1H3. The summed E-state index contributed by atoms with van der Waals surface area (Å²) in [6.45, 7) is -0.0981. The van der Waals surface area contributed by atoms with E-state index in [0.29, 0.717) is 28.2 Å². The topological polar surface area (TPSA) is 76.4 Å². The van der Waals surface area contributed by atoms with Crippen LogP contribution in [0.2, 0.25) is 0 Å². The van der Waals surface area contributed by atoms with Gasteiger partial charge >= 0.3 is 0 Å². The number of hydrogen-bond donors (Lipinski definition) is 0. The fraction of sp³-hybridized carbons (Fsp3) is 0.105. The third-order valence-electron chi connectivity index (χ3n) is 3.75. The molecule has 5 nitrogen and oxygen atoms in total. The van der Waals surface area contributed by atoms with E-state index >= 15 is 0 Å². The van der Waals surface area contributed by atoms with Crippen molar-refractivity contribution in [2.75, 3.05) is 13.7 Å². The predicted molar refractivity (Wildman–Crippen MR) is 99.9 cm³/mol. The molecule has 0 fully saturated rings. The van der Waals surface area contributed by atoms with Gasteiger partial charge in [-0.25, -0.2) is 0 Å². The van der Waals surface area contributed by atoms with E-state index in [1.165, 1.54) is 7.11 Å². The fourth-order valence-corrected chi connectivity index (χ4v) is 3.42. The molecular weight excluding hydrogens is 433 g/mol. The van der Waals surface area contributed by atoms with Crippen LogP contribution in [0.4, 0.5) is 0 Å². The summed E-state index contributed by atoms with van der Waals surface area (Å²) in [6, 6.07) is 12.1. The molecule has 0 unspecified atom stereocenters. The Kier molecular flexibility index (Phi) is 4.86. The van der Waals surface area contributed by atoms with Crippen molar-refractivity contribution < 1.29 is 19.1 Å². The number of ether oxygens (including phenoxy) is 2. The number of carbonyl (C=O) groups excluding carboxylic acids is 2. The van der Waals surface area contributed by atoms with Crippen LogP contribution in [-0.2, 0) is 0 Å². The van der Waals surface area contributed by atoms with Gasteiger partial charge in [-0.1, -0.05) is 24.3 Å². The number of nitriles is 1. The fourth-order valence-electron chi connectivity index (χ4n) is 2.64. The van der Waals surface area contributed by atoms with Gasteiger partial charge in [0.2, 0.25) is 0 Å². The number of halogens is 1. The van der Waals surface area contributed by atoms with Crippen LogP contribution >= 0.6 is 22.6 Å². The van der Waals surface area contributed by atoms with Crippen molar-refractivity contribution >= 4 is 40.2 Å². The van der Waals surface area contributed by atoms with Crippen molar-refractivity contribution in [3.63, 3.8) is 0 Å². The van der Waals surface area contributed by atoms with Crippen molar-refractivity contribution in [1.29, 1.82) is 5.26 Å². The maximum atomic E-state index is 12.5. The number of hydrogen-bond acceptors (Lipinski definition) is 5. The predicted octanol–water partition coefficient (Wildman–Crippen LogP) is 3.66. The number of carbonyl (C=O) groups is 2. The molecule has 0 amide bonds. The number of benzene rings is 2. The highest BCUT2D eigenvalue weighted by molar-refractivity contribution is 14.1. The van der Waals surface area contributed by atoms with Crippen molar-refractivity contribution in [3.8, 4) is 17.6 Å². The van der Waals surface area contributed by atoms with Crippen LogP contribution in [-0.4, -0.2) is 25.3 Å². The van der Waals surface area contributed by atoms with Crippen LogP contribution < -0.4 is 9.47 Å². The van der Waals surface area contributed by atoms with Gasteiger partial charge in [-0.05, 0) is 46.4 Å². The lowest BCUT2D eigenvalue weighted by molar-refractivity contribution is 0.0990. The summed E-state index contributed by atoms with van der Waals surface area (Å²) in [5.41, 5.74) is 1.63. The molecule has 1 aliphatic rings. The minimum atomic E-state index is -0.278. The van der Waals surface area contributed by atoms with Crippen LogP contribution in [0.5, 0.6) is 11.5 Å². The quantitative estimate of drug-likeness (QED) is 0.408. The zero-order valence-electron chi connectivity index (χ0n) is 13.2. The van der Waals surface area contributed by atoms with Crippen molar-refractivity contribution in [2.24, 2.45) is 0 Å². The van der Waals surface area contributed by atoms with E-state index in [2.05, 4.69) is 22.6 Å². The minimum Gasteiger partial charge on any atom is -0.493 e. The zero-order chi connectivity index (χ0) is 18.0. The molecule has 0 radical (unpaired) electrons. The highest BCUT2D eigenvalue weighted by atomic mass is 127. The second-order valence-electron chi connectivity index (χ2n) is 5.24. The Labute approximate surface area is 158 Å². The Balaban J connectivity index is 2.03. The van der Waals surface area contributed by atoms with Crippen LogP contribution in [0.1, 0.15) is 26.3 Å². The molecule has 124 valence electrons. The van der Waals surface area contributed by atoms with Crippen molar-refractivity contribution in [2.45, 2.75) is 0 Å².